The molecule has 2 rings (SSSR count). The number of hydrogen-bond donors (Lipinski definition) is 2. The highest BCUT2D eigenvalue weighted by Crippen LogP contribution is 2.17. The molecular formula is C15H22N4O. The molecule has 1 unspecified atom stereocenters. The fraction of sp³-hybridized carbons (Fsp3) is 0.467. The maximum absolute atomic E-state index is 5.58. The van der Waals surface area contributed by atoms with Crippen LogP contribution in [0.4, 0.5) is 6.01 Å². The van der Waals surface area contributed by atoms with Gasteiger partial charge in [0.1, 0.15) is 0 Å². The van der Waals surface area contributed by atoms with Gasteiger partial charge >= 0.3 is 6.01 Å². The molecule has 0 aliphatic rings. The maximum atomic E-state index is 5.58. The zero-order valence-corrected chi connectivity index (χ0v) is 12.5. The summed E-state index contributed by atoms with van der Waals surface area (Å²) in [7, 11) is 0. The highest BCUT2D eigenvalue weighted by molar-refractivity contribution is 5.28. The average Bonchev–Trinajstić information content (AvgIpc) is 2.84. The van der Waals surface area contributed by atoms with Gasteiger partial charge in [-0.25, -0.2) is 0 Å². The van der Waals surface area contributed by atoms with Crippen molar-refractivity contribution in [3.63, 3.8) is 0 Å². The second-order valence-electron chi connectivity index (χ2n) is 5.88. The van der Waals surface area contributed by atoms with Crippen LogP contribution in [0.15, 0.2) is 34.7 Å². The first kappa shape index (κ1) is 14.5. The molecule has 20 heavy (non-hydrogen) atoms. The van der Waals surface area contributed by atoms with Gasteiger partial charge in [0, 0.05) is 5.54 Å². The van der Waals surface area contributed by atoms with E-state index in [4.69, 9.17) is 4.42 Å². The van der Waals surface area contributed by atoms with E-state index < -0.39 is 0 Å². The van der Waals surface area contributed by atoms with Gasteiger partial charge in [0.15, 0.2) is 0 Å². The van der Waals surface area contributed by atoms with Crippen LogP contribution in [0.25, 0.3) is 0 Å². The SMILES string of the molecule is CC(Nc1nnc(CNC(C)(C)C)o1)c1ccccc1. The Hall–Kier alpha value is -1.88. The summed E-state index contributed by atoms with van der Waals surface area (Å²) in [5.41, 5.74) is 1.21. The average molecular weight is 274 g/mol. The van der Waals surface area contributed by atoms with Gasteiger partial charge in [-0.05, 0) is 33.3 Å². The van der Waals surface area contributed by atoms with Crippen LogP contribution in [0, 0.1) is 0 Å². The fourth-order valence-electron chi connectivity index (χ4n) is 1.73. The van der Waals surface area contributed by atoms with E-state index in [1.54, 1.807) is 0 Å². The number of benzene rings is 1. The summed E-state index contributed by atoms with van der Waals surface area (Å²) in [5.74, 6) is 0.586. The molecular weight excluding hydrogens is 252 g/mol. The summed E-state index contributed by atoms with van der Waals surface area (Å²) in [4.78, 5) is 0. The van der Waals surface area contributed by atoms with Crippen LogP contribution in [0.2, 0.25) is 0 Å². The van der Waals surface area contributed by atoms with Gasteiger partial charge in [-0.3, -0.25) is 0 Å². The summed E-state index contributed by atoms with van der Waals surface area (Å²) in [6.45, 7) is 8.92. The number of aromatic nitrogens is 2. The topological polar surface area (TPSA) is 63.0 Å². The van der Waals surface area contributed by atoms with E-state index in [9.17, 15) is 0 Å². The molecule has 5 heteroatoms. The molecule has 0 spiro atoms. The molecule has 108 valence electrons. The van der Waals surface area contributed by atoms with Crippen molar-refractivity contribution in [2.45, 2.75) is 45.8 Å². The predicted molar refractivity (Wildman–Crippen MR) is 79.4 cm³/mol. The van der Waals surface area contributed by atoms with Gasteiger partial charge in [0.2, 0.25) is 5.89 Å². The van der Waals surface area contributed by atoms with E-state index in [-0.39, 0.29) is 11.6 Å². The first-order chi connectivity index (χ1) is 9.44. The van der Waals surface area contributed by atoms with Crippen molar-refractivity contribution in [2.24, 2.45) is 0 Å². The number of rotatable bonds is 5. The fourth-order valence-corrected chi connectivity index (χ4v) is 1.73. The Morgan fingerprint density at radius 1 is 1.15 bits per heavy atom. The van der Waals surface area contributed by atoms with Crippen molar-refractivity contribution in [1.29, 1.82) is 0 Å². The summed E-state index contributed by atoms with van der Waals surface area (Å²) >= 11 is 0. The summed E-state index contributed by atoms with van der Waals surface area (Å²) in [6, 6.07) is 10.7. The minimum absolute atomic E-state index is 0.0272. The van der Waals surface area contributed by atoms with Crippen LogP contribution >= 0.6 is 0 Å². The van der Waals surface area contributed by atoms with Crippen LogP contribution in [-0.2, 0) is 6.54 Å². The van der Waals surface area contributed by atoms with Gasteiger partial charge in [-0.1, -0.05) is 35.4 Å². The van der Waals surface area contributed by atoms with Gasteiger partial charge in [-0.2, -0.15) is 0 Å². The van der Waals surface area contributed by atoms with Gasteiger partial charge < -0.3 is 15.1 Å². The zero-order valence-electron chi connectivity index (χ0n) is 12.5. The summed E-state index contributed by atoms with van der Waals surface area (Å²) < 4.78 is 5.58. The third kappa shape index (κ3) is 4.35. The van der Waals surface area contributed by atoms with E-state index in [1.807, 2.05) is 18.2 Å². The highest BCUT2D eigenvalue weighted by atomic mass is 16.4. The smallest absolute Gasteiger partial charge is 0.315 e. The van der Waals surface area contributed by atoms with Crippen LogP contribution < -0.4 is 10.6 Å². The molecule has 0 saturated carbocycles. The minimum atomic E-state index is 0.0272. The van der Waals surface area contributed by atoms with E-state index >= 15 is 0 Å². The van der Waals surface area contributed by atoms with Crippen LogP contribution in [0.3, 0.4) is 0 Å². The lowest BCUT2D eigenvalue weighted by Gasteiger charge is -2.18. The Bertz CT molecular complexity index is 530. The lowest BCUT2D eigenvalue weighted by atomic mass is 10.1. The molecule has 2 aromatic rings. The highest BCUT2D eigenvalue weighted by Gasteiger charge is 2.13. The third-order valence-electron chi connectivity index (χ3n) is 2.88. The molecule has 0 amide bonds. The lowest BCUT2D eigenvalue weighted by Crippen LogP contribution is -2.35. The third-order valence-corrected chi connectivity index (χ3v) is 2.88. The Labute approximate surface area is 119 Å². The van der Waals surface area contributed by atoms with Crippen molar-refractivity contribution >= 4 is 6.01 Å². The number of hydrogen-bond acceptors (Lipinski definition) is 5. The Balaban J connectivity index is 1.93. The second-order valence-corrected chi connectivity index (χ2v) is 5.88. The monoisotopic (exact) mass is 274 g/mol. The predicted octanol–water partition coefficient (Wildman–Crippen LogP) is 3.13. The Morgan fingerprint density at radius 2 is 1.85 bits per heavy atom. The van der Waals surface area contributed by atoms with Crippen molar-refractivity contribution in [3.8, 4) is 0 Å². The summed E-state index contributed by atoms with van der Waals surface area (Å²) in [5, 5.41) is 14.6. The molecule has 0 bridgehead atoms. The number of anilines is 1. The van der Waals surface area contributed by atoms with Gasteiger partial charge in [0.25, 0.3) is 0 Å². The molecule has 1 aromatic heterocycles. The van der Waals surface area contributed by atoms with Crippen LogP contribution in [0.1, 0.15) is 45.2 Å². The van der Waals surface area contributed by atoms with E-state index in [1.165, 1.54) is 5.56 Å². The van der Waals surface area contributed by atoms with E-state index in [2.05, 4.69) is 60.7 Å². The van der Waals surface area contributed by atoms with Gasteiger partial charge in [0.05, 0.1) is 12.6 Å². The summed E-state index contributed by atoms with van der Waals surface area (Å²) in [6.07, 6.45) is 0. The van der Waals surface area contributed by atoms with E-state index in [0.717, 1.165) is 0 Å². The number of nitrogens with zero attached hydrogens (tertiary/aromatic N) is 2. The van der Waals surface area contributed by atoms with Crippen LogP contribution in [-0.4, -0.2) is 15.7 Å². The maximum Gasteiger partial charge on any atom is 0.315 e. The van der Waals surface area contributed by atoms with Crippen molar-refractivity contribution in [1.82, 2.24) is 15.5 Å². The first-order valence-electron chi connectivity index (χ1n) is 6.83. The second kappa shape index (κ2) is 6.05. The van der Waals surface area contributed by atoms with Gasteiger partial charge in [-0.15, -0.1) is 5.10 Å². The standard InChI is InChI=1S/C15H22N4O/c1-11(12-8-6-5-7-9-12)17-14-19-18-13(20-14)10-16-15(2,3)4/h5-9,11,16H,10H2,1-4H3,(H,17,19). The molecule has 0 radical (unpaired) electrons. The van der Waals surface area contributed by atoms with Crippen molar-refractivity contribution in [3.05, 3.63) is 41.8 Å². The molecule has 0 saturated heterocycles. The Morgan fingerprint density at radius 3 is 2.50 bits per heavy atom. The van der Waals surface area contributed by atoms with E-state index in [0.29, 0.717) is 18.5 Å². The minimum Gasteiger partial charge on any atom is -0.407 e. The number of nitrogens with one attached hydrogen (secondary N) is 2. The molecule has 0 aliphatic carbocycles. The Kier molecular flexibility index (Phi) is 4.39. The molecule has 2 N–H and O–H groups in total. The normalized spacial score (nSPS) is 13.2. The van der Waals surface area contributed by atoms with Crippen molar-refractivity contribution < 1.29 is 4.42 Å². The largest absolute Gasteiger partial charge is 0.407 e. The van der Waals surface area contributed by atoms with Crippen molar-refractivity contribution in [2.75, 3.05) is 5.32 Å². The molecule has 1 atom stereocenters. The lowest BCUT2D eigenvalue weighted by molar-refractivity contribution is 0.383. The quantitative estimate of drug-likeness (QED) is 0.877. The molecule has 5 nitrogen and oxygen atoms in total. The van der Waals surface area contributed by atoms with Crippen LogP contribution in [0.5, 0.6) is 0 Å². The zero-order chi connectivity index (χ0) is 14.6. The molecule has 1 heterocycles. The molecule has 0 aliphatic heterocycles. The molecule has 0 fully saturated rings. The first-order valence-corrected chi connectivity index (χ1v) is 6.83. The molecule has 1 aromatic carbocycles.